The van der Waals surface area contributed by atoms with Crippen LogP contribution in [-0.4, -0.2) is 44.5 Å². The molecule has 1 fully saturated rings. The Morgan fingerprint density at radius 2 is 1.69 bits per heavy atom. The first kappa shape index (κ1) is 19.5. The number of rotatable bonds is 4. The second kappa shape index (κ2) is 8.29. The third-order valence-corrected chi connectivity index (χ3v) is 6.24. The molecule has 3 aromatic rings. The number of likely N-dealkylation sites (tertiary alicyclic amines) is 1. The van der Waals surface area contributed by atoms with Crippen molar-refractivity contribution in [2.75, 3.05) is 19.3 Å². The predicted octanol–water partition coefficient (Wildman–Crippen LogP) is 3.31. The summed E-state index contributed by atoms with van der Waals surface area (Å²) in [6.45, 7) is 1.32. The van der Waals surface area contributed by atoms with E-state index >= 15 is 0 Å². The molecule has 1 amide bonds. The van der Waals surface area contributed by atoms with E-state index in [4.69, 9.17) is 0 Å². The Morgan fingerprint density at radius 3 is 2.38 bits per heavy atom. The fraction of sp³-hybridized carbons (Fsp3) is 0.318. The van der Waals surface area contributed by atoms with E-state index in [0.29, 0.717) is 13.1 Å². The van der Waals surface area contributed by atoms with Crippen LogP contribution >= 0.6 is 11.8 Å². The van der Waals surface area contributed by atoms with E-state index in [2.05, 4.69) is 5.10 Å². The lowest BCUT2D eigenvalue weighted by Gasteiger charge is -2.32. The van der Waals surface area contributed by atoms with Crippen molar-refractivity contribution < 1.29 is 4.79 Å². The molecule has 1 aromatic heterocycles. The molecule has 0 bridgehead atoms. The van der Waals surface area contributed by atoms with Gasteiger partial charge in [-0.05, 0) is 43.4 Å². The van der Waals surface area contributed by atoms with Gasteiger partial charge < -0.3 is 4.90 Å². The summed E-state index contributed by atoms with van der Waals surface area (Å²) < 4.78 is 3.10. The highest BCUT2D eigenvalue weighted by molar-refractivity contribution is 7.98. The minimum absolute atomic E-state index is 0.0786. The van der Waals surface area contributed by atoms with Crippen molar-refractivity contribution >= 4 is 17.7 Å². The summed E-state index contributed by atoms with van der Waals surface area (Å²) >= 11 is 1.59. The molecule has 29 heavy (non-hydrogen) atoms. The van der Waals surface area contributed by atoms with E-state index in [9.17, 15) is 9.59 Å². The first-order chi connectivity index (χ1) is 14.1. The number of aromatic nitrogens is 3. The zero-order valence-corrected chi connectivity index (χ0v) is 17.4. The standard InChI is InChI=1S/C22H24N4O2S/c1-24-22(28)26(17-8-4-3-5-9-17)20(23-24)16-12-14-25(15-13-16)21(27)18-10-6-7-11-19(18)29-2/h3-11,16H,12-15H2,1-2H3. The first-order valence-electron chi connectivity index (χ1n) is 9.74. The predicted molar refractivity (Wildman–Crippen MR) is 115 cm³/mol. The summed E-state index contributed by atoms with van der Waals surface area (Å²) in [6, 6.07) is 17.4. The Labute approximate surface area is 174 Å². The van der Waals surface area contributed by atoms with Crippen molar-refractivity contribution in [3.63, 3.8) is 0 Å². The average Bonchev–Trinajstić information content (AvgIpc) is 3.08. The molecular weight excluding hydrogens is 384 g/mol. The van der Waals surface area contributed by atoms with Crippen LogP contribution in [0.1, 0.15) is 34.9 Å². The highest BCUT2D eigenvalue weighted by Gasteiger charge is 2.29. The van der Waals surface area contributed by atoms with Crippen LogP contribution in [0.3, 0.4) is 0 Å². The van der Waals surface area contributed by atoms with Crippen LogP contribution in [0.4, 0.5) is 0 Å². The molecule has 1 aliphatic rings. The number of thioether (sulfide) groups is 1. The SMILES string of the molecule is CSc1ccccc1C(=O)N1CCC(c2nn(C)c(=O)n2-c2ccccc2)CC1. The van der Waals surface area contributed by atoms with Gasteiger partial charge in [0.15, 0.2) is 0 Å². The quantitative estimate of drug-likeness (QED) is 0.622. The Kier molecular flexibility index (Phi) is 5.58. The van der Waals surface area contributed by atoms with Gasteiger partial charge in [0.05, 0.1) is 11.3 Å². The lowest BCUT2D eigenvalue weighted by Crippen LogP contribution is -2.38. The van der Waals surface area contributed by atoms with Crippen molar-refractivity contribution in [1.82, 2.24) is 19.2 Å². The van der Waals surface area contributed by atoms with Crippen LogP contribution in [0.25, 0.3) is 5.69 Å². The normalized spacial score (nSPS) is 14.9. The Hall–Kier alpha value is -2.80. The number of nitrogens with zero attached hydrogens (tertiary/aromatic N) is 4. The summed E-state index contributed by atoms with van der Waals surface area (Å²) in [5.74, 6) is 0.999. The Morgan fingerprint density at radius 1 is 1.03 bits per heavy atom. The van der Waals surface area contributed by atoms with Crippen LogP contribution in [0.15, 0.2) is 64.3 Å². The van der Waals surface area contributed by atoms with E-state index in [0.717, 1.165) is 34.8 Å². The van der Waals surface area contributed by atoms with Crippen molar-refractivity contribution in [1.29, 1.82) is 0 Å². The third kappa shape index (κ3) is 3.74. The molecule has 0 unspecified atom stereocenters. The second-order valence-corrected chi connectivity index (χ2v) is 8.05. The summed E-state index contributed by atoms with van der Waals surface area (Å²) in [5.41, 5.74) is 1.45. The van der Waals surface area contributed by atoms with Crippen LogP contribution in [0, 0.1) is 0 Å². The van der Waals surface area contributed by atoms with Crippen molar-refractivity contribution in [3.8, 4) is 5.69 Å². The maximum atomic E-state index is 13.0. The number of aryl methyl sites for hydroxylation is 1. The zero-order chi connectivity index (χ0) is 20.4. The molecule has 0 aliphatic carbocycles. The smallest absolute Gasteiger partial charge is 0.339 e. The monoisotopic (exact) mass is 408 g/mol. The molecule has 1 aliphatic heterocycles. The van der Waals surface area contributed by atoms with Crippen molar-refractivity contribution in [2.45, 2.75) is 23.7 Å². The third-order valence-electron chi connectivity index (χ3n) is 5.45. The minimum Gasteiger partial charge on any atom is -0.339 e. The van der Waals surface area contributed by atoms with Crippen molar-refractivity contribution in [3.05, 3.63) is 76.5 Å². The lowest BCUT2D eigenvalue weighted by atomic mass is 9.95. The summed E-state index contributed by atoms with van der Waals surface area (Å²) in [5, 5.41) is 4.53. The van der Waals surface area contributed by atoms with Gasteiger partial charge in [0.1, 0.15) is 5.82 Å². The van der Waals surface area contributed by atoms with Gasteiger partial charge in [-0.1, -0.05) is 30.3 Å². The molecule has 0 spiro atoms. The molecule has 2 heterocycles. The van der Waals surface area contributed by atoms with Gasteiger partial charge in [0.25, 0.3) is 5.91 Å². The van der Waals surface area contributed by atoms with Gasteiger partial charge in [-0.25, -0.2) is 14.0 Å². The molecule has 4 rings (SSSR count). The number of carbonyl (C=O) groups excluding carboxylic acids is 1. The van der Waals surface area contributed by atoms with E-state index in [1.165, 1.54) is 4.68 Å². The van der Waals surface area contributed by atoms with E-state index in [1.54, 1.807) is 23.4 Å². The maximum Gasteiger partial charge on any atom is 0.350 e. The van der Waals surface area contributed by atoms with Crippen LogP contribution in [0.2, 0.25) is 0 Å². The van der Waals surface area contributed by atoms with Crippen molar-refractivity contribution in [2.24, 2.45) is 7.05 Å². The van der Waals surface area contributed by atoms with Gasteiger partial charge in [-0.15, -0.1) is 11.8 Å². The molecule has 7 heteroatoms. The van der Waals surface area contributed by atoms with E-state index in [1.807, 2.05) is 65.8 Å². The fourth-order valence-corrected chi connectivity index (χ4v) is 4.49. The molecule has 1 saturated heterocycles. The maximum absolute atomic E-state index is 13.0. The van der Waals surface area contributed by atoms with Crippen LogP contribution in [0.5, 0.6) is 0 Å². The zero-order valence-electron chi connectivity index (χ0n) is 16.6. The van der Waals surface area contributed by atoms with Gasteiger partial charge in [-0.2, -0.15) is 5.10 Å². The largest absolute Gasteiger partial charge is 0.350 e. The second-order valence-electron chi connectivity index (χ2n) is 7.20. The van der Waals surface area contributed by atoms with E-state index in [-0.39, 0.29) is 17.5 Å². The molecule has 150 valence electrons. The fourth-order valence-electron chi connectivity index (χ4n) is 3.90. The minimum atomic E-state index is -0.140. The molecule has 0 saturated carbocycles. The van der Waals surface area contributed by atoms with E-state index < -0.39 is 0 Å². The molecule has 6 nitrogen and oxygen atoms in total. The average molecular weight is 409 g/mol. The Balaban J connectivity index is 1.55. The summed E-state index contributed by atoms with van der Waals surface area (Å²) in [7, 11) is 1.68. The molecule has 0 atom stereocenters. The first-order valence-corrected chi connectivity index (χ1v) is 11.0. The lowest BCUT2D eigenvalue weighted by molar-refractivity contribution is 0.0707. The van der Waals surface area contributed by atoms with Gasteiger partial charge in [0, 0.05) is 31.0 Å². The highest BCUT2D eigenvalue weighted by Crippen LogP contribution is 2.29. The molecule has 0 radical (unpaired) electrons. The number of hydrogen-bond donors (Lipinski definition) is 0. The number of carbonyl (C=O) groups is 1. The molecule has 0 N–H and O–H groups in total. The Bertz CT molecular complexity index is 1070. The molecular formula is C22H24N4O2S. The number of piperidine rings is 1. The summed E-state index contributed by atoms with van der Waals surface area (Å²) in [6.07, 6.45) is 3.56. The van der Waals surface area contributed by atoms with Gasteiger partial charge in [-0.3, -0.25) is 4.79 Å². The summed E-state index contributed by atoms with van der Waals surface area (Å²) in [4.78, 5) is 28.6. The number of hydrogen-bond acceptors (Lipinski definition) is 4. The van der Waals surface area contributed by atoms with Gasteiger partial charge in [0.2, 0.25) is 0 Å². The number of benzene rings is 2. The highest BCUT2D eigenvalue weighted by atomic mass is 32.2. The number of para-hydroxylation sites is 1. The molecule has 2 aromatic carbocycles. The van der Waals surface area contributed by atoms with Crippen LogP contribution in [-0.2, 0) is 7.05 Å². The number of amides is 1. The topological polar surface area (TPSA) is 60.1 Å². The van der Waals surface area contributed by atoms with Gasteiger partial charge >= 0.3 is 5.69 Å². The van der Waals surface area contributed by atoms with Crippen LogP contribution < -0.4 is 5.69 Å².